The van der Waals surface area contributed by atoms with E-state index in [1.54, 1.807) is 36.4 Å². The van der Waals surface area contributed by atoms with E-state index in [-0.39, 0.29) is 24.2 Å². The van der Waals surface area contributed by atoms with Crippen molar-refractivity contribution in [2.45, 2.75) is 45.6 Å². The van der Waals surface area contributed by atoms with E-state index in [1.807, 2.05) is 13.0 Å². The summed E-state index contributed by atoms with van der Waals surface area (Å²) in [6.07, 6.45) is 2.11. The molecule has 0 saturated carbocycles. The molecular weight excluding hydrogens is 506 g/mol. The molecule has 38 heavy (non-hydrogen) atoms. The third-order valence-electron chi connectivity index (χ3n) is 6.23. The van der Waals surface area contributed by atoms with Crippen LogP contribution in [-0.2, 0) is 25.7 Å². The van der Waals surface area contributed by atoms with E-state index < -0.39 is 29.8 Å². The Balaban J connectivity index is 1.43. The van der Waals surface area contributed by atoms with Crippen molar-refractivity contribution in [3.8, 4) is 11.5 Å². The lowest BCUT2D eigenvalue weighted by Gasteiger charge is -2.11. The van der Waals surface area contributed by atoms with Crippen LogP contribution in [0.1, 0.15) is 35.6 Å². The number of hydrogen-bond donors (Lipinski definition) is 0. The van der Waals surface area contributed by atoms with Crippen molar-refractivity contribution in [3.05, 3.63) is 106 Å². The molecule has 0 heterocycles. The average molecular weight is 533 g/mol. The highest BCUT2D eigenvalue weighted by Gasteiger charge is 2.17. The van der Waals surface area contributed by atoms with Gasteiger partial charge in [0.25, 0.3) is 0 Å². The minimum Gasteiger partial charge on any atom is -0.494 e. The number of rotatable bonds is 11. The standard InChI is InChI=1S/C30H26F6O2/c1-2-13-37-23-11-10-20(25(31)17-23)6-3-18-5-12-24-22(14-18)9-8-21(28(24)34)7-4-19-15-26(32)29(27(33)16-19)38-30(35)36/h5,8-12,14-17,30H,2-4,6-7,13H2,1H3. The zero-order valence-corrected chi connectivity index (χ0v) is 20.7. The van der Waals surface area contributed by atoms with Gasteiger partial charge >= 0.3 is 6.61 Å². The second-order valence-corrected chi connectivity index (χ2v) is 8.96. The highest BCUT2D eigenvalue weighted by molar-refractivity contribution is 5.84. The second kappa shape index (κ2) is 12.2. The molecule has 0 spiro atoms. The molecule has 0 amide bonds. The maximum absolute atomic E-state index is 15.2. The van der Waals surface area contributed by atoms with E-state index in [9.17, 15) is 22.0 Å². The van der Waals surface area contributed by atoms with Crippen molar-refractivity contribution in [2.24, 2.45) is 0 Å². The molecule has 4 aromatic rings. The fourth-order valence-electron chi connectivity index (χ4n) is 4.29. The number of aryl methyl sites for hydroxylation is 4. The van der Waals surface area contributed by atoms with Crippen molar-refractivity contribution < 1.29 is 35.8 Å². The summed E-state index contributed by atoms with van der Waals surface area (Å²) >= 11 is 0. The zero-order chi connectivity index (χ0) is 27.2. The Morgan fingerprint density at radius 1 is 0.684 bits per heavy atom. The van der Waals surface area contributed by atoms with Crippen LogP contribution in [0.4, 0.5) is 26.3 Å². The molecular formula is C30H26F6O2. The van der Waals surface area contributed by atoms with Crippen LogP contribution in [0, 0.1) is 23.3 Å². The quantitative estimate of drug-likeness (QED) is 0.181. The van der Waals surface area contributed by atoms with Gasteiger partial charge in [0.1, 0.15) is 17.4 Å². The van der Waals surface area contributed by atoms with Crippen molar-refractivity contribution >= 4 is 10.8 Å². The summed E-state index contributed by atoms with van der Waals surface area (Å²) in [6.45, 7) is -0.850. The van der Waals surface area contributed by atoms with Crippen LogP contribution in [0.2, 0.25) is 0 Å². The molecule has 0 aromatic heterocycles. The topological polar surface area (TPSA) is 18.5 Å². The van der Waals surface area contributed by atoms with Crippen molar-refractivity contribution in [3.63, 3.8) is 0 Å². The summed E-state index contributed by atoms with van der Waals surface area (Å²) < 4.78 is 91.5. The van der Waals surface area contributed by atoms with Crippen molar-refractivity contribution in [2.75, 3.05) is 6.61 Å². The van der Waals surface area contributed by atoms with Gasteiger partial charge in [-0.25, -0.2) is 17.6 Å². The first kappa shape index (κ1) is 27.4. The first-order chi connectivity index (χ1) is 18.2. The molecule has 0 saturated heterocycles. The molecule has 0 aliphatic rings. The largest absolute Gasteiger partial charge is 0.494 e. The summed E-state index contributed by atoms with van der Waals surface area (Å²) in [5.74, 6) is -3.90. The summed E-state index contributed by atoms with van der Waals surface area (Å²) in [5, 5.41) is 1.08. The molecule has 0 unspecified atom stereocenters. The summed E-state index contributed by atoms with van der Waals surface area (Å²) in [5.41, 5.74) is 2.03. The Morgan fingerprint density at radius 3 is 2.05 bits per heavy atom. The van der Waals surface area contributed by atoms with Gasteiger partial charge in [-0.1, -0.05) is 43.3 Å². The van der Waals surface area contributed by atoms with Gasteiger partial charge in [0, 0.05) is 11.5 Å². The molecule has 0 atom stereocenters. The number of fused-ring (bicyclic) bond motifs is 1. The van der Waals surface area contributed by atoms with Gasteiger partial charge in [0.05, 0.1) is 6.61 Å². The minimum atomic E-state index is -3.35. The predicted molar refractivity (Wildman–Crippen MR) is 134 cm³/mol. The molecule has 0 bridgehead atoms. The van der Waals surface area contributed by atoms with E-state index in [4.69, 9.17) is 4.74 Å². The SMILES string of the molecule is CCCOc1ccc(CCc2ccc3c(F)c(CCc4cc(F)c(OC(F)F)c(F)c4)ccc3c2)c(F)c1. The summed E-state index contributed by atoms with van der Waals surface area (Å²) in [6, 6.07) is 15.3. The normalized spacial score (nSPS) is 11.4. The van der Waals surface area contributed by atoms with Crippen LogP contribution in [0.5, 0.6) is 11.5 Å². The molecule has 0 radical (unpaired) electrons. The van der Waals surface area contributed by atoms with Crippen LogP contribution >= 0.6 is 0 Å². The zero-order valence-electron chi connectivity index (χ0n) is 20.7. The van der Waals surface area contributed by atoms with Gasteiger partial charge < -0.3 is 9.47 Å². The monoisotopic (exact) mass is 532 g/mol. The summed E-state index contributed by atoms with van der Waals surface area (Å²) in [7, 11) is 0. The highest BCUT2D eigenvalue weighted by atomic mass is 19.3. The second-order valence-electron chi connectivity index (χ2n) is 8.96. The molecule has 0 N–H and O–H groups in total. The molecule has 0 aliphatic heterocycles. The van der Waals surface area contributed by atoms with E-state index in [0.717, 1.165) is 24.1 Å². The number of ether oxygens (including phenoxy) is 2. The Labute approximate surface area is 216 Å². The number of halogens is 6. The highest BCUT2D eigenvalue weighted by Crippen LogP contribution is 2.28. The Bertz CT molecular complexity index is 1400. The fourth-order valence-corrected chi connectivity index (χ4v) is 4.29. The Morgan fingerprint density at radius 2 is 1.37 bits per heavy atom. The number of benzene rings is 4. The fraction of sp³-hybridized carbons (Fsp3) is 0.267. The van der Waals surface area contributed by atoms with Crippen molar-refractivity contribution in [1.29, 1.82) is 0 Å². The first-order valence-corrected chi connectivity index (χ1v) is 12.3. The van der Waals surface area contributed by atoms with Crippen LogP contribution < -0.4 is 9.47 Å². The molecule has 4 rings (SSSR count). The third kappa shape index (κ3) is 6.60. The maximum atomic E-state index is 15.2. The predicted octanol–water partition coefficient (Wildman–Crippen LogP) is 8.36. The smallest absolute Gasteiger partial charge is 0.387 e. The van der Waals surface area contributed by atoms with E-state index in [0.29, 0.717) is 47.1 Å². The Kier molecular flexibility index (Phi) is 8.81. The lowest BCUT2D eigenvalue weighted by molar-refractivity contribution is -0.0546. The van der Waals surface area contributed by atoms with Crippen LogP contribution in [0.3, 0.4) is 0 Å². The average Bonchev–Trinajstić information content (AvgIpc) is 2.88. The molecule has 0 aliphatic carbocycles. The van der Waals surface area contributed by atoms with E-state index in [2.05, 4.69) is 4.74 Å². The maximum Gasteiger partial charge on any atom is 0.387 e. The van der Waals surface area contributed by atoms with E-state index in [1.165, 1.54) is 6.07 Å². The van der Waals surface area contributed by atoms with Crippen molar-refractivity contribution in [1.82, 2.24) is 0 Å². The minimum absolute atomic E-state index is 0.0944. The molecule has 200 valence electrons. The van der Waals surface area contributed by atoms with Crippen LogP contribution in [0.25, 0.3) is 10.8 Å². The van der Waals surface area contributed by atoms with Crippen LogP contribution in [-0.4, -0.2) is 13.2 Å². The van der Waals surface area contributed by atoms with Gasteiger partial charge in [-0.2, -0.15) is 8.78 Å². The summed E-state index contributed by atoms with van der Waals surface area (Å²) in [4.78, 5) is 0. The third-order valence-corrected chi connectivity index (χ3v) is 6.23. The van der Waals surface area contributed by atoms with Gasteiger partial charge in [0.15, 0.2) is 17.4 Å². The lowest BCUT2D eigenvalue weighted by atomic mass is 9.97. The van der Waals surface area contributed by atoms with Gasteiger partial charge in [-0.05, 0) is 77.9 Å². The number of hydrogen-bond acceptors (Lipinski definition) is 2. The first-order valence-electron chi connectivity index (χ1n) is 12.3. The van der Waals surface area contributed by atoms with Crippen LogP contribution in [0.15, 0.2) is 60.7 Å². The molecule has 2 nitrogen and oxygen atoms in total. The lowest BCUT2D eigenvalue weighted by Crippen LogP contribution is -2.06. The van der Waals surface area contributed by atoms with Gasteiger partial charge in [0.2, 0.25) is 0 Å². The van der Waals surface area contributed by atoms with Gasteiger partial charge in [-0.3, -0.25) is 0 Å². The van der Waals surface area contributed by atoms with Gasteiger partial charge in [-0.15, -0.1) is 0 Å². The number of alkyl halides is 2. The molecule has 4 aromatic carbocycles. The Hall–Kier alpha value is -3.68. The molecule has 8 heteroatoms. The molecule has 0 fully saturated rings. The van der Waals surface area contributed by atoms with E-state index >= 15 is 4.39 Å².